The molecule has 96 valence electrons. The maximum Gasteiger partial charge on any atom is 0.256 e. The van der Waals surface area contributed by atoms with Gasteiger partial charge in [-0.05, 0) is 12.5 Å². The number of carbonyl (C=O) groups is 2. The molecule has 0 spiro atoms. The SMILES string of the molecule is CC.CC1=NC(=O)CC(=O)N1Cc1ccccc1. The van der Waals surface area contributed by atoms with E-state index in [4.69, 9.17) is 0 Å². The van der Waals surface area contributed by atoms with E-state index in [-0.39, 0.29) is 18.2 Å². The van der Waals surface area contributed by atoms with Crippen molar-refractivity contribution in [3.8, 4) is 0 Å². The largest absolute Gasteiger partial charge is 0.296 e. The van der Waals surface area contributed by atoms with Gasteiger partial charge in [-0.25, -0.2) is 0 Å². The van der Waals surface area contributed by atoms with Crippen molar-refractivity contribution in [1.29, 1.82) is 0 Å². The van der Waals surface area contributed by atoms with Gasteiger partial charge >= 0.3 is 0 Å². The van der Waals surface area contributed by atoms with Crippen LogP contribution in [0.3, 0.4) is 0 Å². The van der Waals surface area contributed by atoms with Gasteiger partial charge in [0, 0.05) is 0 Å². The molecular formula is C14H18N2O2. The third-order valence-corrected chi connectivity index (χ3v) is 2.46. The fourth-order valence-electron chi connectivity index (χ4n) is 1.65. The van der Waals surface area contributed by atoms with Crippen LogP contribution in [0.25, 0.3) is 0 Å². The van der Waals surface area contributed by atoms with Crippen molar-refractivity contribution < 1.29 is 9.59 Å². The van der Waals surface area contributed by atoms with Crippen LogP contribution in [0.2, 0.25) is 0 Å². The molecule has 0 aromatic heterocycles. The predicted molar refractivity (Wildman–Crippen MR) is 71.1 cm³/mol. The number of hydrogen-bond donors (Lipinski definition) is 0. The standard InChI is InChI=1S/C12H12N2O2.C2H6/c1-9-13-11(15)7-12(16)14(9)8-10-5-3-2-4-6-10;1-2/h2-6H,7-8H2,1H3;1-2H3. The Balaban J connectivity index is 0.000000771. The maximum atomic E-state index is 11.6. The molecule has 1 aliphatic heterocycles. The topological polar surface area (TPSA) is 49.7 Å². The van der Waals surface area contributed by atoms with Gasteiger partial charge in [0.15, 0.2) is 0 Å². The van der Waals surface area contributed by atoms with Crippen LogP contribution in [0, 0.1) is 0 Å². The van der Waals surface area contributed by atoms with E-state index in [1.807, 2.05) is 44.2 Å². The Hall–Kier alpha value is -1.97. The Labute approximate surface area is 107 Å². The Morgan fingerprint density at radius 1 is 1.17 bits per heavy atom. The third kappa shape index (κ3) is 3.52. The average Bonchev–Trinajstić information content (AvgIpc) is 2.37. The summed E-state index contributed by atoms with van der Waals surface area (Å²) in [6.07, 6.45) is -0.121. The Morgan fingerprint density at radius 2 is 1.78 bits per heavy atom. The van der Waals surface area contributed by atoms with E-state index in [2.05, 4.69) is 4.99 Å². The van der Waals surface area contributed by atoms with Crippen LogP contribution in [0.1, 0.15) is 32.8 Å². The highest BCUT2D eigenvalue weighted by molar-refractivity contribution is 6.13. The van der Waals surface area contributed by atoms with Gasteiger partial charge in [-0.1, -0.05) is 44.2 Å². The second-order valence-corrected chi connectivity index (χ2v) is 3.70. The van der Waals surface area contributed by atoms with Crippen LogP contribution < -0.4 is 0 Å². The minimum Gasteiger partial charge on any atom is -0.296 e. The van der Waals surface area contributed by atoms with Crippen molar-refractivity contribution >= 4 is 17.6 Å². The number of aliphatic imine (C=N–C) groups is 1. The number of carbonyl (C=O) groups excluding carboxylic acids is 2. The summed E-state index contributed by atoms with van der Waals surface area (Å²) in [6, 6.07) is 9.64. The summed E-state index contributed by atoms with van der Waals surface area (Å²) in [5.74, 6) is -0.0572. The van der Waals surface area contributed by atoms with Crippen molar-refractivity contribution in [3.05, 3.63) is 35.9 Å². The second kappa shape index (κ2) is 6.69. The minimum absolute atomic E-state index is 0.121. The summed E-state index contributed by atoms with van der Waals surface area (Å²) in [5.41, 5.74) is 1.03. The van der Waals surface area contributed by atoms with Gasteiger partial charge in [0.05, 0.1) is 6.54 Å². The summed E-state index contributed by atoms with van der Waals surface area (Å²) in [5, 5.41) is 0. The van der Waals surface area contributed by atoms with E-state index < -0.39 is 0 Å². The lowest BCUT2D eigenvalue weighted by Crippen LogP contribution is -2.39. The quantitative estimate of drug-likeness (QED) is 0.752. The molecule has 0 N–H and O–H groups in total. The molecule has 2 rings (SSSR count). The first kappa shape index (κ1) is 14.1. The summed E-state index contributed by atoms with van der Waals surface area (Å²) in [6.45, 7) is 6.15. The van der Waals surface area contributed by atoms with Crippen molar-refractivity contribution in [2.75, 3.05) is 0 Å². The van der Waals surface area contributed by atoms with Crippen LogP contribution in [-0.4, -0.2) is 22.5 Å². The molecule has 0 saturated carbocycles. The molecule has 0 radical (unpaired) electrons. The number of benzene rings is 1. The highest BCUT2D eigenvalue weighted by atomic mass is 16.2. The van der Waals surface area contributed by atoms with E-state index in [0.29, 0.717) is 12.4 Å². The minimum atomic E-state index is -0.355. The second-order valence-electron chi connectivity index (χ2n) is 3.70. The lowest BCUT2D eigenvalue weighted by atomic mass is 10.2. The van der Waals surface area contributed by atoms with Gasteiger partial charge in [0.1, 0.15) is 12.3 Å². The molecule has 1 aromatic carbocycles. The molecule has 4 heteroatoms. The normalized spacial score (nSPS) is 14.8. The van der Waals surface area contributed by atoms with Crippen LogP contribution in [0.5, 0.6) is 0 Å². The Morgan fingerprint density at radius 3 is 2.33 bits per heavy atom. The molecule has 1 aliphatic rings. The van der Waals surface area contributed by atoms with Crippen LogP contribution >= 0.6 is 0 Å². The molecule has 0 aliphatic carbocycles. The zero-order chi connectivity index (χ0) is 13.5. The highest BCUT2D eigenvalue weighted by Gasteiger charge is 2.24. The molecule has 0 saturated heterocycles. The van der Waals surface area contributed by atoms with Crippen LogP contribution in [0.4, 0.5) is 0 Å². The first-order valence-corrected chi connectivity index (χ1v) is 6.09. The van der Waals surface area contributed by atoms with E-state index in [9.17, 15) is 9.59 Å². The van der Waals surface area contributed by atoms with Crippen molar-refractivity contribution in [3.63, 3.8) is 0 Å². The van der Waals surface area contributed by atoms with Crippen LogP contribution in [-0.2, 0) is 16.1 Å². The summed E-state index contributed by atoms with van der Waals surface area (Å²) in [4.78, 5) is 28.0. The Bertz CT molecular complexity index is 452. The van der Waals surface area contributed by atoms with Gasteiger partial charge in [0.25, 0.3) is 5.91 Å². The number of nitrogens with zero attached hydrogens (tertiary/aromatic N) is 2. The molecule has 2 amide bonds. The molecule has 0 bridgehead atoms. The van der Waals surface area contributed by atoms with E-state index in [1.165, 1.54) is 4.90 Å². The molecule has 0 atom stereocenters. The number of rotatable bonds is 2. The summed E-state index contributed by atoms with van der Waals surface area (Å²) >= 11 is 0. The van der Waals surface area contributed by atoms with Crippen molar-refractivity contribution in [2.24, 2.45) is 4.99 Å². The van der Waals surface area contributed by atoms with E-state index in [1.54, 1.807) is 6.92 Å². The lowest BCUT2D eigenvalue weighted by molar-refractivity contribution is -0.133. The number of amides is 2. The zero-order valence-corrected chi connectivity index (χ0v) is 11.0. The van der Waals surface area contributed by atoms with Gasteiger partial charge < -0.3 is 0 Å². The monoisotopic (exact) mass is 246 g/mol. The predicted octanol–water partition coefficient (Wildman–Crippen LogP) is 2.39. The molecule has 1 aromatic rings. The lowest BCUT2D eigenvalue weighted by Gasteiger charge is -2.24. The molecule has 18 heavy (non-hydrogen) atoms. The molecule has 0 fully saturated rings. The zero-order valence-electron chi connectivity index (χ0n) is 11.0. The van der Waals surface area contributed by atoms with E-state index >= 15 is 0 Å². The van der Waals surface area contributed by atoms with Crippen molar-refractivity contribution in [2.45, 2.75) is 33.7 Å². The smallest absolute Gasteiger partial charge is 0.256 e. The molecule has 1 heterocycles. The van der Waals surface area contributed by atoms with E-state index in [0.717, 1.165) is 5.56 Å². The molecule has 0 unspecified atom stereocenters. The van der Waals surface area contributed by atoms with Crippen LogP contribution in [0.15, 0.2) is 35.3 Å². The Kier molecular flexibility index (Phi) is 5.24. The summed E-state index contributed by atoms with van der Waals surface area (Å²) in [7, 11) is 0. The van der Waals surface area contributed by atoms with Gasteiger partial charge in [-0.3, -0.25) is 14.5 Å². The fourth-order valence-corrected chi connectivity index (χ4v) is 1.65. The van der Waals surface area contributed by atoms with Gasteiger partial charge in [-0.2, -0.15) is 4.99 Å². The van der Waals surface area contributed by atoms with Gasteiger partial charge in [0.2, 0.25) is 5.91 Å². The van der Waals surface area contributed by atoms with Crippen molar-refractivity contribution in [1.82, 2.24) is 4.90 Å². The fraction of sp³-hybridized carbons (Fsp3) is 0.357. The maximum absolute atomic E-state index is 11.6. The first-order chi connectivity index (χ1) is 8.66. The third-order valence-electron chi connectivity index (χ3n) is 2.46. The summed E-state index contributed by atoms with van der Waals surface area (Å²) < 4.78 is 0. The number of amidine groups is 1. The average molecular weight is 246 g/mol. The molecule has 4 nitrogen and oxygen atoms in total. The first-order valence-electron chi connectivity index (χ1n) is 6.09. The highest BCUT2D eigenvalue weighted by Crippen LogP contribution is 2.11. The number of hydrogen-bond acceptors (Lipinski definition) is 2. The van der Waals surface area contributed by atoms with Gasteiger partial charge in [-0.15, -0.1) is 0 Å². The molecular weight excluding hydrogens is 228 g/mol.